The molecule has 2 N–H and O–H groups in total. The number of urea groups is 1. The number of carbonyl (C=O) groups is 1. The molecule has 118 valence electrons. The Kier molecular flexibility index (Phi) is 6.40. The van der Waals surface area contributed by atoms with Crippen molar-refractivity contribution in [1.82, 2.24) is 5.32 Å². The molecule has 2 amide bonds. The number of anilines is 1. The van der Waals surface area contributed by atoms with E-state index in [1.165, 1.54) is 0 Å². The normalized spacial score (nSPS) is 12.0. The summed E-state index contributed by atoms with van der Waals surface area (Å²) in [6, 6.07) is 8.53. The number of hydrogen-bond acceptors (Lipinski definition) is 4. The zero-order chi connectivity index (χ0) is 15.9. The van der Waals surface area contributed by atoms with Gasteiger partial charge in [0.15, 0.2) is 0 Å². The molecule has 0 atom stereocenters. The molecule has 0 spiro atoms. The fourth-order valence-electron chi connectivity index (χ4n) is 1.73. The van der Waals surface area contributed by atoms with Crippen molar-refractivity contribution in [3.8, 4) is 0 Å². The van der Waals surface area contributed by atoms with Crippen molar-refractivity contribution in [3.05, 3.63) is 30.3 Å². The molecule has 0 fully saturated rings. The first kappa shape index (κ1) is 17.7. The Bertz CT molecular complexity index is 495. The molecule has 0 bridgehead atoms. The fourth-order valence-corrected chi connectivity index (χ4v) is 3.37. The zero-order valence-corrected chi connectivity index (χ0v) is 13.8. The molecule has 0 aliphatic rings. The number of benzene rings is 1. The van der Waals surface area contributed by atoms with Gasteiger partial charge in [0.05, 0.1) is 13.2 Å². The molecule has 0 aromatic heterocycles. The van der Waals surface area contributed by atoms with Crippen LogP contribution in [0.2, 0.25) is 0 Å². The van der Waals surface area contributed by atoms with Crippen molar-refractivity contribution in [2.24, 2.45) is 0 Å². The second kappa shape index (κ2) is 7.59. The third kappa shape index (κ3) is 4.84. The molecule has 0 aliphatic heterocycles. The van der Waals surface area contributed by atoms with E-state index in [9.17, 15) is 9.36 Å². The van der Waals surface area contributed by atoms with Crippen LogP contribution in [0, 0.1) is 0 Å². The molecule has 0 unspecified atom stereocenters. The minimum absolute atomic E-state index is 0.239. The van der Waals surface area contributed by atoms with Crippen LogP contribution in [0.3, 0.4) is 0 Å². The highest BCUT2D eigenvalue weighted by Crippen LogP contribution is 2.58. The molecular weight excluding hydrogens is 291 g/mol. The maximum atomic E-state index is 12.7. The smallest absolute Gasteiger partial charge is 0.321 e. The van der Waals surface area contributed by atoms with Gasteiger partial charge in [0.2, 0.25) is 0 Å². The Labute approximate surface area is 125 Å². The largest absolute Gasteiger partial charge is 0.355 e. The first-order chi connectivity index (χ1) is 9.84. The van der Waals surface area contributed by atoms with Gasteiger partial charge in [-0.1, -0.05) is 18.2 Å². The molecule has 1 aromatic carbocycles. The van der Waals surface area contributed by atoms with E-state index < -0.39 is 18.9 Å². The number of amides is 2. The van der Waals surface area contributed by atoms with Gasteiger partial charge < -0.3 is 19.7 Å². The summed E-state index contributed by atoms with van der Waals surface area (Å²) in [6.07, 6.45) is 0. The summed E-state index contributed by atoms with van der Waals surface area (Å²) < 4.78 is 23.3. The van der Waals surface area contributed by atoms with E-state index in [0.29, 0.717) is 5.69 Å². The molecular formula is C14H23N2O4P. The first-order valence-electron chi connectivity index (χ1n) is 6.88. The molecule has 0 saturated carbocycles. The van der Waals surface area contributed by atoms with Crippen LogP contribution in [0.5, 0.6) is 0 Å². The van der Waals surface area contributed by atoms with Gasteiger partial charge in [0.1, 0.15) is 5.28 Å². The fraction of sp³-hybridized carbons (Fsp3) is 0.500. The topological polar surface area (TPSA) is 76.7 Å². The van der Waals surface area contributed by atoms with E-state index in [0.717, 1.165) is 0 Å². The van der Waals surface area contributed by atoms with E-state index in [1.807, 2.05) is 18.2 Å². The van der Waals surface area contributed by atoms with Gasteiger partial charge in [-0.25, -0.2) is 4.79 Å². The lowest BCUT2D eigenvalue weighted by molar-refractivity contribution is 0.191. The number of carbonyl (C=O) groups excluding carboxylic acids is 1. The number of nitrogens with one attached hydrogen (secondary N) is 2. The highest BCUT2D eigenvalue weighted by molar-refractivity contribution is 7.55. The van der Waals surface area contributed by atoms with Gasteiger partial charge in [-0.2, -0.15) is 0 Å². The molecule has 0 saturated heterocycles. The lowest BCUT2D eigenvalue weighted by atomic mass is 10.3. The van der Waals surface area contributed by atoms with Crippen molar-refractivity contribution in [3.63, 3.8) is 0 Å². The summed E-state index contributed by atoms with van der Waals surface area (Å²) in [7, 11) is -3.45. The summed E-state index contributed by atoms with van der Waals surface area (Å²) in [4.78, 5) is 12.0. The third-order valence-electron chi connectivity index (χ3n) is 2.73. The summed E-state index contributed by atoms with van der Waals surface area (Å²) in [5.74, 6) is 0. The Morgan fingerprint density at radius 1 is 1.14 bits per heavy atom. The standard InChI is InChI=1S/C14H23N2O4P/c1-5-19-21(18,20-6-2)14(3,4)16-13(17)15-12-10-8-7-9-11-12/h7-11H,5-6H2,1-4H3,(H2,15,16,17). The molecule has 6 nitrogen and oxygen atoms in total. The third-order valence-corrected chi connectivity index (χ3v) is 5.41. The predicted octanol–water partition coefficient (Wildman–Crippen LogP) is 3.81. The summed E-state index contributed by atoms with van der Waals surface area (Å²) in [5.41, 5.74) is 0.647. The van der Waals surface area contributed by atoms with E-state index >= 15 is 0 Å². The van der Waals surface area contributed by atoms with Crippen LogP contribution in [0.25, 0.3) is 0 Å². The molecule has 0 radical (unpaired) electrons. The Morgan fingerprint density at radius 2 is 1.67 bits per heavy atom. The molecule has 7 heteroatoms. The van der Waals surface area contributed by atoms with Gasteiger partial charge in [0.25, 0.3) is 0 Å². The quantitative estimate of drug-likeness (QED) is 0.750. The maximum Gasteiger partial charge on any atom is 0.355 e. The molecule has 1 aromatic rings. The average Bonchev–Trinajstić information content (AvgIpc) is 2.39. The van der Waals surface area contributed by atoms with Crippen molar-refractivity contribution in [2.75, 3.05) is 18.5 Å². The average molecular weight is 314 g/mol. The van der Waals surface area contributed by atoms with Gasteiger partial charge in [-0.15, -0.1) is 0 Å². The number of para-hydroxylation sites is 1. The highest BCUT2D eigenvalue weighted by Gasteiger charge is 2.44. The van der Waals surface area contributed by atoms with Crippen LogP contribution in [0.4, 0.5) is 10.5 Å². The van der Waals surface area contributed by atoms with Crippen LogP contribution in [0.1, 0.15) is 27.7 Å². The van der Waals surface area contributed by atoms with E-state index in [1.54, 1.807) is 39.8 Å². The van der Waals surface area contributed by atoms with Gasteiger partial charge >= 0.3 is 13.6 Å². The summed E-state index contributed by atoms with van der Waals surface area (Å²) >= 11 is 0. The Balaban J connectivity index is 2.77. The highest BCUT2D eigenvalue weighted by atomic mass is 31.2. The van der Waals surface area contributed by atoms with Crippen molar-refractivity contribution in [2.45, 2.75) is 33.0 Å². The number of hydrogen-bond donors (Lipinski definition) is 2. The van der Waals surface area contributed by atoms with Crippen molar-refractivity contribution < 1.29 is 18.4 Å². The monoisotopic (exact) mass is 314 g/mol. The predicted molar refractivity (Wildman–Crippen MR) is 83.5 cm³/mol. The molecule has 0 aliphatic carbocycles. The lowest BCUT2D eigenvalue weighted by Crippen LogP contribution is -2.46. The lowest BCUT2D eigenvalue weighted by Gasteiger charge is -2.33. The van der Waals surface area contributed by atoms with Gasteiger partial charge in [0, 0.05) is 5.69 Å². The van der Waals surface area contributed by atoms with Crippen molar-refractivity contribution in [1.29, 1.82) is 0 Å². The minimum atomic E-state index is -3.45. The van der Waals surface area contributed by atoms with Crippen LogP contribution < -0.4 is 10.6 Å². The first-order valence-corrected chi connectivity index (χ1v) is 8.42. The molecule has 1 rings (SSSR count). The maximum absolute atomic E-state index is 12.7. The Morgan fingerprint density at radius 3 is 2.14 bits per heavy atom. The van der Waals surface area contributed by atoms with Crippen LogP contribution in [0.15, 0.2) is 30.3 Å². The second-order valence-corrected chi connectivity index (χ2v) is 7.47. The van der Waals surface area contributed by atoms with Gasteiger partial charge in [-0.05, 0) is 39.8 Å². The molecule has 21 heavy (non-hydrogen) atoms. The Hall–Kier alpha value is -1.36. The van der Waals surface area contributed by atoms with E-state index in [4.69, 9.17) is 9.05 Å². The SMILES string of the molecule is CCOP(=O)(OCC)C(C)(C)NC(=O)Nc1ccccc1. The summed E-state index contributed by atoms with van der Waals surface area (Å²) in [6.45, 7) is 7.16. The van der Waals surface area contributed by atoms with Crippen LogP contribution >= 0.6 is 7.60 Å². The molecule has 0 heterocycles. The second-order valence-electron chi connectivity index (χ2n) is 4.84. The van der Waals surface area contributed by atoms with Crippen LogP contribution in [-0.2, 0) is 13.6 Å². The number of rotatable bonds is 7. The van der Waals surface area contributed by atoms with E-state index in [2.05, 4.69) is 10.6 Å². The van der Waals surface area contributed by atoms with E-state index in [-0.39, 0.29) is 13.2 Å². The summed E-state index contributed by atoms with van der Waals surface area (Å²) in [5, 5.41) is 4.18. The zero-order valence-electron chi connectivity index (χ0n) is 12.9. The minimum Gasteiger partial charge on any atom is -0.321 e. The van der Waals surface area contributed by atoms with Crippen molar-refractivity contribution >= 4 is 19.3 Å². The van der Waals surface area contributed by atoms with Gasteiger partial charge in [-0.3, -0.25) is 4.57 Å². The van der Waals surface area contributed by atoms with Crippen LogP contribution in [-0.4, -0.2) is 24.5 Å².